The lowest BCUT2D eigenvalue weighted by Gasteiger charge is -2.50. The molecule has 3 rings (SSSR count). The molecular weight excluding hydrogens is 814 g/mol. The second-order valence-electron chi connectivity index (χ2n) is 13.8. The predicted octanol–water partition coefficient (Wildman–Crippen LogP) is -1.84. The average Bonchev–Trinajstić information content (AvgIpc) is 3.10. The number of amides is 1. The predicted molar refractivity (Wildman–Crippen MR) is 188 cm³/mol. The summed E-state index contributed by atoms with van der Waals surface area (Å²) in [6, 6.07) is -1.65. The second kappa shape index (κ2) is 22.0. The Morgan fingerprint density at radius 2 is 0.850 bits per heavy atom. The molecule has 1 amide bonds. The summed E-state index contributed by atoms with van der Waals surface area (Å²) in [5.41, 5.74) is 0. The molecule has 0 spiro atoms. The third-order valence-electron chi connectivity index (χ3n) is 8.65. The van der Waals surface area contributed by atoms with Crippen molar-refractivity contribution in [1.29, 1.82) is 0 Å². The van der Waals surface area contributed by atoms with Gasteiger partial charge in [0.15, 0.2) is 61.6 Å². The maximum absolute atomic E-state index is 12.8. The normalized spacial score (nSPS) is 33.8. The van der Waals surface area contributed by atoms with Crippen molar-refractivity contribution in [2.75, 3.05) is 13.2 Å². The lowest BCUT2D eigenvalue weighted by atomic mass is 9.94. The second-order valence-corrected chi connectivity index (χ2v) is 13.8. The van der Waals surface area contributed by atoms with Gasteiger partial charge in [0.25, 0.3) is 0 Å². The lowest BCUT2D eigenvalue weighted by Crippen LogP contribution is -2.70. The van der Waals surface area contributed by atoms with Gasteiger partial charge < -0.3 is 72.0 Å². The maximum atomic E-state index is 12.8. The van der Waals surface area contributed by atoms with Crippen molar-refractivity contribution in [3.8, 4) is 0 Å². The van der Waals surface area contributed by atoms with Crippen LogP contribution in [0.3, 0.4) is 0 Å². The van der Waals surface area contributed by atoms with Crippen LogP contribution in [0.4, 0.5) is 0 Å². The van der Waals surface area contributed by atoms with Gasteiger partial charge in [-0.1, -0.05) is 0 Å². The highest BCUT2D eigenvalue weighted by Gasteiger charge is 2.58. The van der Waals surface area contributed by atoms with Crippen LogP contribution in [0.15, 0.2) is 0 Å². The molecule has 0 aromatic heterocycles. The number of carbonyl (C=O) groups is 9. The van der Waals surface area contributed by atoms with Gasteiger partial charge in [-0.25, -0.2) is 0 Å². The molecule has 0 unspecified atom stereocenters. The molecule has 3 fully saturated rings. The first-order chi connectivity index (χ1) is 28.0. The molecule has 0 saturated carbocycles. The molecule has 3 heterocycles. The van der Waals surface area contributed by atoms with Gasteiger partial charge in [-0.3, -0.25) is 43.2 Å². The third-order valence-corrected chi connectivity index (χ3v) is 8.65. The molecule has 338 valence electrons. The van der Waals surface area contributed by atoms with E-state index in [0.29, 0.717) is 0 Å². The Bertz CT molecular complexity index is 1600. The van der Waals surface area contributed by atoms with E-state index in [1.54, 1.807) is 0 Å². The average molecular weight is 866 g/mol. The minimum atomic E-state index is -2.07. The summed E-state index contributed by atoms with van der Waals surface area (Å²) in [6.07, 6.45) is -23.0. The van der Waals surface area contributed by atoms with Gasteiger partial charge in [0.05, 0.1) is 6.10 Å². The van der Waals surface area contributed by atoms with Crippen LogP contribution < -0.4 is 5.32 Å². The Morgan fingerprint density at radius 1 is 0.450 bits per heavy atom. The first-order valence-corrected chi connectivity index (χ1v) is 18.5. The molecule has 24 heteroatoms. The SMILES string of the molecule is CC(=O)N[C@H]1[C@H](O[C@H]2[C@@H](OC(C)=O)[C@H](OC(C)=O)[C@@H](COC(C)=O)O[C@@H]2O)O[C@H](COC(C)=O)[C@@H](O[C@@H]2O[C@H](C)[C@H](OC(C)=O)[C@H](OC(C)=O)[C@H]2OC(C)=O)[C@@H]1OC(C)=O. The van der Waals surface area contributed by atoms with Crippen molar-refractivity contribution >= 4 is 53.7 Å². The first kappa shape index (κ1) is 49.4. The number of rotatable bonds is 15. The monoisotopic (exact) mass is 865 g/mol. The van der Waals surface area contributed by atoms with Gasteiger partial charge in [-0.15, -0.1) is 0 Å². The summed E-state index contributed by atoms with van der Waals surface area (Å²) in [4.78, 5) is 111. The van der Waals surface area contributed by atoms with Crippen molar-refractivity contribution in [3.63, 3.8) is 0 Å². The van der Waals surface area contributed by atoms with Crippen molar-refractivity contribution in [3.05, 3.63) is 0 Å². The number of hydrogen-bond donors (Lipinski definition) is 2. The van der Waals surface area contributed by atoms with E-state index in [9.17, 15) is 48.3 Å². The van der Waals surface area contributed by atoms with Gasteiger partial charge >= 0.3 is 47.8 Å². The van der Waals surface area contributed by atoms with Crippen LogP contribution in [-0.4, -0.2) is 164 Å². The van der Waals surface area contributed by atoms with Crippen molar-refractivity contribution in [2.45, 2.75) is 161 Å². The number of aliphatic hydroxyl groups is 1. The zero-order valence-electron chi connectivity index (χ0n) is 34.5. The Kier molecular flexibility index (Phi) is 18.1. The molecule has 0 aromatic rings. The van der Waals surface area contributed by atoms with E-state index in [2.05, 4.69) is 5.32 Å². The van der Waals surface area contributed by atoms with Gasteiger partial charge in [0, 0.05) is 62.3 Å². The smallest absolute Gasteiger partial charge is 0.303 e. The van der Waals surface area contributed by atoms with E-state index < -0.39 is 159 Å². The van der Waals surface area contributed by atoms with Crippen LogP contribution in [0.5, 0.6) is 0 Å². The first-order valence-electron chi connectivity index (χ1n) is 18.5. The largest absolute Gasteiger partial charge is 0.463 e. The fourth-order valence-corrected chi connectivity index (χ4v) is 6.66. The summed E-state index contributed by atoms with van der Waals surface area (Å²) in [6.45, 7) is 9.48. The molecule has 0 radical (unpaired) electrons. The standard InChI is InChI=1S/C36H51NO23/c1-13-26(51-17(5)41)30(54-20(8)44)33(56-22(10)46)36(50-13)59-27-24(12-49-16(4)40)58-35(25(37-14(2)38)29(27)53-19(7)43)60-32-31(55-21(9)45)28(52-18(6)42)23(57-34(32)47)11-48-15(3)39/h13,23-36,47H,11-12H2,1-10H3,(H,37,38)/t13-,23-,24-,25-,26+,27-,28-,29-,30+,31+,32+,33-,34+,35+,36+/m1/s1. The Hall–Kier alpha value is -5.01. The Balaban J connectivity index is 2.18. The summed E-state index contributed by atoms with van der Waals surface area (Å²) in [5.74, 6) is -7.84. The zero-order chi connectivity index (χ0) is 45.2. The number of carbonyl (C=O) groups excluding carboxylic acids is 9. The molecule has 0 aromatic carbocycles. The van der Waals surface area contributed by atoms with Gasteiger partial charge in [-0.2, -0.15) is 0 Å². The van der Waals surface area contributed by atoms with Crippen LogP contribution in [0.2, 0.25) is 0 Å². The van der Waals surface area contributed by atoms with E-state index in [1.807, 2.05) is 0 Å². The Labute approximate surface area is 343 Å². The topological polar surface area (TPSA) is 306 Å². The molecule has 2 N–H and O–H groups in total. The van der Waals surface area contributed by atoms with Crippen LogP contribution in [0.25, 0.3) is 0 Å². The molecule has 3 aliphatic heterocycles. The van der Waals surface area contributed by atoms with Crippen LogP contribution in [-0.2, 0) is 105 Å². The van der Waals surface area contributed by atoms with E-state index in [-0.39, 0.29) is 0 Å². The zero-order valence-corrected chi connectivity index (χ0v) is 34.5. The fourth-order valence-electron chi connectivity index (χ4n) is 6.66. The summed E-state index contributed by atoms with van der Waals surface area (Å²) < 4.78 is 73.4. The molecule has 24 nitrogen and oxygen atoms in total. The highest BCUT2D eigenvalue weighted by Crippen LogP contribution is 2.36. The summed E-state index contributed by atoms with van der Waals surface area (Å²) in [5, 5.41) is 13.8. The minimum Gasteiger partial charge on any atom is -0.463 e. The molecular formula is C36H51NO23. The van der Waals surface area contributed by atoms with Crippen LogP contribution in [0.1, 0.15) is 69.2 Å². The molecule has 0 aliphatic carbocycles. The number of ether oxygens (including phenoxy) is 13. The van der Waals surface area contributed by atoms with Crippen molar-refractivity contribution in [2.24, 2.45) is 0 Å². The highest BCUT2D eigenvalue weighted by atomic mass is 16.8. The third kappa shape index (κ3) is 14.0. The fraction of sp³-hybridized carbons (Fsp3) is 0.750. The highest BCUT2D eigenvalue weighted by molar-refractivity contribution is 5.74. The molecule has 60 heavy (non-hydrogen) atoms. The minimum absolute atomic E-state index is 0.586. The molecule has 3 aliphatic rings. The molecule has 15 atom stereocenters. The quantitative estimate of drug-likeness (QED) is 0.135. The maximum Gasteiger partial charge on any atom is 0.303 e. The van der Waals surface area contributed by atoms with E-state index in [1.165, 1.54) is 6.92 Å². The van der Waals surface area contributed by atoms with Crippen LogP contribution >= 0.6 is 0 Å². The van der Waals surface area contributed by atoms with Gasteiger partial charge in [-0.05, 0) is 6.92 Å². The molecule has 0 bridgehead atoms. The Morgan fingerprint density at radius 3 is 1.32 bits per heavy atom. The molecule has 3 saturated heterocycles. The van der Waals surface area contributed by atoms with E-state index in [0.717, 1.165) is 62.3 Å². The van der Waals surface area contributed by atoms with E-state index >= 15 is 0 Å². The van der Waals surface area contributed by atoms with Crippen molar-refractivity contribution < 1.29 is 110 Å². The summed E-state index contributed by atoms with van der Waals surface area (Å²) >= 11 is 0. The van der Waals surface area contributed by atoms with Crippen LogP contribution in [0, 0.1) is 0 Å². The van der Waals surface area contributed by atoms with E-state index in [4.69, 9.17) is 61.6 Å². The number of hydrogen-bond acceptors (Lipinski definition) is 23. The van der Waals surface area contributed by atoms with Crippen molar-refractivity contribution in [1.82, 2.24) is 5.32 Å². The number of esters is 8. The number of nitrogens with one attached hydrogen (secondary N) is 1. The number of aliphatic hydroxyl groups excluding tert-OH is 1. The van der Waals surface area contributed by atoms with Gasteiger partial charge in [0.2, 0.25) is 5.91 Å². The summed E-state index contributed by atoms with van der Waals surface area (Å²) in [7, 11) is 0. The van der Waals surface area contributed by atoms with Gasteiger partial charge in [0.1, 0.15) is 37.6 Å². The lowest BCUT2D eigenvalue weighted by molar-refractivity contribution is -0.368.